The van der Waals surface area contributed by atoms with E-state index in [1.165, 1.54) is 25.3 Å². The number of amides is 1. The average Bonchev–Trinajstić information content (AvgIpc) is 2.83. The van der Waals surface area contributed by atoms with Crippen LogP contribution >= 0.6 is 0 Å². The summed E-state index contributed by atoms with van der Waals surface area (Å²) in [5.74, 6) is 0.219. The summed E-state index contributed by atoms with van der Waals surface area (Å²) in [6.45, 7) is 3.95. The van der Waals surface area contributed by atoms with Crippen molar-refractivity contribution in [2.45, 2.75) is 20.5 Å². The zero-order valence-corrected chi connectivity index (χ0v) is 19.0. The summed E-state index contributed by atoms with van der Waals surface area (Å²) in [6.07, 6.45) is 1.44. The molecule has 0 atom stereocenters. The summed E-state index contributed by atoms with van der Waals surface area (Å²) in [5, 5.41) is 23.3. The Hall–Kier alpha value is -4.64. The predicted octanol–water partition coefficient (Wildman–Crippen LogP) is 5.34. The van der Waals surface area contributed by atoms with Crippen LogP contribution in [0.2, 0.25) is 0 Å². The number of nitro benzene ring substituents is 1. The van der Waals surface area contributed by atoms with Crippen LogP contribution in [0.1, 0.15) is 22.3 Å². The molecule has 1 N–H and O–H groups in total. The molecule has 3 aromatic carbocycles. The van der Waals surface area contributed by atoms with Crippen molar-refractivity contribution in [3.05, 3.63) is 98.6 Å². The number of anilines is 1. The first-order chi connectivity index (χ1) is 16.3. The summed E-state index contributed by atoms with van der Waals surface area (Å²) >= 11 is 0. The molecule has 0 heterocycles. The Morgan fingerprint density at radius 2 is 1.88 bits per heavy atom. The molecule has 0 aromatic heterocycles. The van der Waals surface area contributed by atoms with E-state index in [0.29, 0.717) is 28.3 Å². The van der Waals surface area contributed by atoms with Gasteiger partial charge in [-0.05, 0) is 55.3 Å². The third-order valence-corrected chi connectivity index (χ3v) is 5.05. The minimum Gasteiger partial charge on any atom is -0.493 e. The zero-order chi connectivity index (χ0) is 24.7. The molecule has 34 heavy (non-hydrogen) atoms. The highest BCUT2D eigenvalue weighted by molar-refractivity contribution is 6.10. The molecule has 0 spiro atoms. The highest BCUT2D eigenvalue weighted by Gasteiger charge is 2.15. The van der Waals surface area contributed by atoms with E-state index in [0.717, 1.165) is 11.1 Å². The molecule has 0 saturated heterocycles. The molecule has 0 saturated carbocycles. The second-order valence-electron chi connectivity index (χ2n) is 7.53. The summed E-state index contributed by atoms with van der Waals surface area (Å²) in [6, 6.07) is 18.7. The lowest BCUT2D eigenvalue weighted by Crippen LogP contribution is -2.14. The number of nitriles is 1. The van der Waals surface area contributed by atoms with Crippen molar-refractivity contribution in [2.75, 3.05) is 12.4 Å². The van der Waals surface area contributed by atoms with Gasteiger partial charge in [-0.3, -0.25) is 14.9 Å². The number of non-ortho nitro benzene ring substituents is 1. The Balaban J connectivity index is 1.86. The molecule has 0 aliphatic carbocycles. The number of para-hydroxylation sites is 1. The Bertz CT molecular complexity index is 1290. The van der Waals surface area contributed by atoms with Crippen LogP contribution in [0.5, 0.6) is 11.5 Å². The number of carbonyl (C=O) groups excluding carboxylic acids is 1. The van der Waals surface area contributed by atoms with Gasteiger partial charge in [0.05, 0.1) is 12.0 Å². The highest BCUT2D eigenvalue weighted by atomic mass is 16.6. The van der Waals surface area contributed by atoms with E-state index in [1.807, 2.05) is 32.0 Å². The van der Waals surface area contributed by atoms with E-state index in [-0.39, 0.29) is 17.9 Å². The lowest BCUT2D eigenvalue weighted by molar-refractivity contribution is -0.384. The van der Waals surface area contributed by atoms with E-state index in [1.54, 1.807) is 36.4 Å². The number of ether oxygens (including phenoxy) is 2. The van der Waals surface area contributed by atoms with Crippen LogP contribution in [0.3, 0.4) is 0 Å². The molecule has 172 valence electrons. The van der Waals surface area contributed by atoms with Crippen molar-refractivity contribution in [2.24, 2.45) is 0 Å². The van der Waals surface area contributed by atoms with Crippen molar-refractivity contribution in [3.8, 4) is 17.6 Å². The molecule has 0 bridgehead atoms. The van der Waals surface area contributed by atoms with E-state index in [2.05, 4.69) is 5.32 Å². The number of benzene rings is 3. The van der Waals surface area contributed by atoms with Gasteiger partial charge in [-0.1, -0.05) is 29.8 Å². The van der Waals surface area contributed by atoms with Gasteiger partial charge in [0, 0.05) is 23.4 Å². The van der Waals surface area contributed by atoms with Gasteiger partial charge in [-0.25, -0.2) is 0 Å². The van der Waals surface area contributed by atoms with E-state index in [4.69, 9.17) is 9.47 Å². The number of carbonyl (C=O) groups is 1. The Labute approximate surface area is 197 Å². The predicted molar refractivity (Wildman–Crippen MR) is 129 cm³/mol. The van der Waals surface area contributed by atoms with Gasteiger partial charge in [0.15, 0.2) is 11.5 Å². The van der Waals surface area contributed by atoms with Crippen molar-refractivity contribution < 1.29 is 19.2 Å². The van der Waals surface area contributed by atoms with Gasteiger partial charge >= 0.3 is 0 Å². The van der Waals surface area contributed by atoms with Gasteiger partial charge < -0.3 is 14.8 Å². The molecule has 1 amide bonds. The number of nitro groups is 1. The Kier molecular flexibility index (Phi) is 7.62. The maximum atomic E-state index is 12.8. The van der Waals surface area contributed by atoms with Crippen LogP contribution < -0.4 is 14.8 Å². The quantitative estimate of drug-likeness (QED) is 0.211. The van der Waals surface area contributed by atoms with E-state index >= 15 is 0 Å². The maximum Gasteiger partial charge on any atom is 0.269 e. The van der Waals surface area contributed by atoms with Crippen LogP contribution in [0, 0.1) is 35.3 Å². The minimum absolute atomic E-state index is 0.0156. The monoisotopic (exact) mass is 457 g/mol. The SMILES string of the molecule is COc1cccc(/C=C(/C#N)C(=O)Nc2ccc(C)cc2C)c1OCc1ccc([N+](=O)[O-])cc1. The van der Waals surface area contributed by atoms with Crippen LogP contribution in [0.25, 0.3) is 6.08 Å². The molecule has 3 aromatic rings. The number of methoxy groups -OCH3 is 1. The normalized spacial score (nSPS) is 10.8. The minimum atomic E-state index is -0.543. The average molecular weight is 457 g/mol. The van der Waals surface area contributed by atoms with Crippen LogP contribution in [0.15, 0.2) is 66.2 Å². The third kappa shape index (κ3) is 5.78. The van der Waals surface area contributed by atoms with Crippen molar-refractivity contribution >= 4 is 23.4 Å². The summed E-state index contributed by atoms with van der Waals surface area (Å²) in [5.41, 5.74) is 3.65. The molecule has 3 rings (SSSR count). The largest absolute Gasteiger partial charge is 0.493 e. The van der Waals surface area contributed by atoms with Gasteiger partial charge in [-0.2, -0.15) is 5.26 Å². The molecule has 0 radical (unpaired) electrons. The fourth-order valence-corrected chi connectivity index (χ4v) is 3.28. The number of nitrogens with one attached hydrogen (secondary N) is 1. The number of aryl methyl sites for hydroxylation is 2. The van der Waals surface area contributed by atoms with Gasteiger partial charge in [0.1, 0.15) is 18.2 Å². The van der Waals surface area contributed by atoms with Crippen LogP contribution in [0.4, 0.5) is 11.4 Å². The molecular weight excluding hydrogens is 434 g/mol. The van der Waals surface area contributed by atoms with E-state index < -0.39 is 10.8 Å². The number of nitrogens with zero attached hydrogens (tertiary/aromatic N) is 2. The summed E-state index contributed by atoms with van der Waals surface area (Å²) in [7, 11) is 1.49. The fraction of sp³-hybridized carbons (Fsp3) is 0.154. The maximum absolute atomic E-state index is 12.8. The number of hydrogen-bond acceptors (Lipinski definition) is 6. The lowest BCUT2D eigenvalue weighted by atomic mass is 10.1. The molecular formula is C26H23N3O5. The van der Waals surface area contributed by atoms with Crippen molar-refractivity contribution in [1.82, 2.24) is 0 Å². The smallest absolute Gasteiger partial charge is 0.269 e. The standard InChI is InChI=1S/C26H23N3O5/c1-17-7-12-23(18(2)13-17)28-26(30)21(15-27)14-20-5-4-6-24(33-3)25(20)34-16-19-8-10-22(11-9-19)29(31)32/h4-14H,16H2,1-3H3,(H,28,30)/b21-14-. The van der Waals surface area contributed by atoms with Crippen molar-refractivity contribution in [1.29, 1.82) is 5.26 Å². The molecule has 8 heteroatoms. The topological polar surface area (TPSA) is 114 Å². The second kappa shape index (κ2) is 10.8. The zero-order valence-electron chi connectivity index (χ0n) is 19.0. The first kappa shape index (κ1) is 24.0. The molecule has 0 unspecified atom stereocenters. The molecule has 0 fully saturated rings. The fourth-order valence-electron chi connectivity index (χ4n) is 3.28. The van der Waals surface area contributed by atoms with Gasteiger partial charge in [-0.15, -0.1) is 0 Å². The van der Waals surface area contributed by atoms with Crippen LogP contribution in [-0.4, -0.2) is 17.9 Å². The van der Waals surface area contributed by atoms with Crippen molar-refractivity contribution in [3.63, 3.8) is 0 Å². The lowest BCUT2D eigenvalue weighted by Gasteiger charge is -2.14. The van der Waals surface area contributed by atoms with Gasteiger partial charge in [0.25, 0.3) is 11.6 Å². The summed E-state index contributed by atoms with van der Waals surface area (Å²) < 4.78 is 11.3. The number of rotatable bonds is 8. The second-order valence-corrected chi connectivity index (χ2v) is 7.53. The highest BCUT2D eigenvalue weighted by Crippen LogP contribution is 2.33. The van der Waals surface area contributed by atoms with E-state index in [9.17, 15) is 20.2 Å². The molecule has 0 aliphatic rings. The third-order valence-electron chi connectivity index (χ3n) is 5.05. The van der Waals surface area contributed by atoms with Gasteiger partial charge in [0.2, 0.25) is 0 Å². The van der Waals surface area contributed by atoms with Crippen LogP contribution in [-0.2, 0) is 11.4 Å². The Morgan fingerprint density at radius 1 is 1.15 bits per heavy atom. The number of hydrogen-bond donors (Lipinski definition) is 1. The molecule has 8 nitrogen and oxygen atoms in total. The molecule has 0 aliphatic heterocycles. The first-order valence-corrected chi connectivity index (χ1v) is 10.4. The summed E-state index contributed by atoms with van der Waals surface area (Å²) in [4.78, 5) is 23.2. The Morgan fingerprint density at radius 3 is 2.50 bits per heavy atom. The first-order valence-electron chi connectivity index (χ1n) is 10.4.